The largest absolute Gasteiger partial charge is 0.267 e. The second kappa shape index (κ2) is 2.95. The minimum absolute atomic E-state index is 0.0803. The van der Waals surface area contributed by atoms with Gasteiger partial charge in [0, 0.05) is 11.0 Å². The molecule has 0 radical (unpaired) electrons. The number of hydrogen-bond acceptors (Lipinski definition) is 1. The molecule has 0 bridgehead atoms. The van der Waals surface area contributed by atoms with E-state index in [1.165, 1.54) is 0 Å². The van der Waals surface area contributed by atoms with E-state index in [0.717, 1.165) is 6.42 Å². The molecule has 0 aromatic carbocycles. The second-order valence-electron chi connectivity index (χ2n) is 3.59. The lowest BCUT2D eigenvalue weighted by Crippen LogP contribution is -2.28. The number of rotatable bonds is 1. The first-order valence-corrected chi connectivity index (χ1v) is 5.66. The molecule has 0 saturated carbocycles. The van der Waals surface area contributed by atoms with Crippen LogP contribution in [-0.4, -0.2) is 20.6 Å². The molecule has 0 aromatic rings. The van der Waals surface area contributed by atoms with Gasteiger partial charge >= 0.3 is 0 Å². The van der Waals surface area contributed by atoms with Gasteiger partial charge in [-0.05, 0) is 42.1 Å². The van der Waals surface area contributed by atoms with E-state index in [0.29, 0.717) is 0 Å². The van der Waals surface area contributed by atoms with Crippen LogP contribution in [0.1, 0.15) is 34.1 Å². The maximum atomic E-state index is 11.8. The Bertz CT molecular complexity index is 202. The van der Waals surface area contributed by atoms with E-state index >= 15 is 0 Å². The van der Waals surface area contributed by atoms with Gasteiger partial charge in [-0.2, -0.15) is 0 Å². The van der Waals surface area contributed by atoms with Crippen LogP contribution in [0, 0.1) is 0 Å². The zero-order valence-corrected chi connectivity index (χ0v) is 8.42. The van der Waals surface area contributed by atoms with E-state index in [-0.39, 0.29) is 4.75 Å². The summed E-state index contributed by atoms with van der Waals surface area (Å²) >= 11 is 0. The third-order valence-corrected chi connectivity index (χ3v) is 5.10. The fourth-order valence-corrected chi connectivity index (χ4v) is 1.70. The Balaban J connectivity index is 4.76. The standard InChI is InChI=1S/C8H18OS/c1-6-7-10(5,9)8(2,3)4/h7H,6H2,1-5H3. The highest BCUT2D eigenvalue weighted by Gasteiger charge is 2.19. The normalized spacial score (nSPS) is 18.1. The van der Waals surface area contributed by atoms with Crippen molar-refractivity contribution in [2.45, 2.75) is 38.9 Å². The molecular weight excluding hydrogens is 144 g/mol. The van der Waals surface area contributed by atoms with Crippen LogP contribution in [0.3, 0.4) is 0 Å². The van der Waals surface area contributed by atoms with Crippen molar-refractivity contribution in [3.05, 3.63) is 0 Å². The average molecular weight is 162 g/mol. The van der Waals surface area contributed by atoms with Crippen LogP contribution < -0.4 is 0 Å². The van der Waals surface area contributed by atoms with Gasteiger partial charge < -0.3 is 0 Å². The Morgan fingerprint density at radius 2 is 1.80 bits per heavy atom. The van der Waals surface area contributed by atoms with Crippen LogP contribution in [0.4, 0.5) is 0 Å². The maximum absolute atomic E-state index is 11.8. The van der Waals surface area contributed by atoms with E-state index in [2.05, 4.69) is 0 Å². The predicted molar refractivity (Wildman–Crippen MR) is 50.2 cm³/mol. The van der Waals surface area contributed by atoms with Crippen molar-refractivity contribution in [3.63, 3.8) is 0 Å². The Morgan fingerprint density at radius 1 is 1.40 bits per heavy atom. The monoisotopic (exact) mass is 162 g/mol. The first kappa shape index (κ1) is 10.0. The Hall–Kier alpha value is 0.0200. The van der Waals surface area contributed by atoms with Gasteiger partial charge in [0.15, 0.2) is 0 Å². The summed E-state index contributed by atoms with van der Waals surface area (Å²) in [5.41, 5.74) is 0. The van der Waals surface area contributed by atoms with E-state index in [1.807, 2.05) is 39.3 Å². The minimum Gasteiger partial charge on any atom is -0.267 e. The van der Waals surface area contributed by atoms with E-state index < -0.39 is 9.52 Å². The van der Waals surface area contributed by atoms with E-state index in [1.54, 1.807) is 0 Å². The maximum Gasteiger partial charge on any atom is 0.0299 e. The molecule has 2 heteroatoms. The molecule has 0 N–H and O–H groups in total. The summed E-state index contributed by atoms with van der Waals surface area (Å²) in [4.78, 5) is 0. The van der Waals surface area contributed by atoms with Crippen molar-refractivity contribution in [1.29, 1.82) is 0 Å². The lowest BCUT2D eigenvalue weighted by Gasteiger charge is -2.21. The van der Waals surface area contributed by atoms with Gasteiger partial charge in [-0.3, -0.25) is 4.21 Å². The van der Waals surface area contributed by atoms with Crippen LogP contribution in [0.15, 0.2) is 0 Å². The SMILES string of the molecule is CCC=S(C)(=O)C(C)(C)C. The van der Waals surface area contributed by atoms with Crippen LogP contribution in [0.25, 0.3) is 0 Å². The summed E-state index contributed by atoms with van der Waals surface area (Å²) in [7, 11) is -1.72. The van der Waals surface area contributed by atoms with Crippen molar-refractivity contribution in [2.75, 3.05) is 6.26 Å². The lowest BCUT2D eigenvalue weighted by atomic mass is 10.3. The Labute approximate surface area is 64.8 Å². The first-order chi connectivity index (χ1) is 4.31. The molecule has 1 atom stereocenters. The van der Waals surface area contributed by atoms with E-state index in [9.17, 15) is 4.21 Å². The molecule has 1 nitrogen and oxygen atoms in total. The van der Waals surface area contributed by atoms with Gasteiger partial charge in [-0.1, -0.05) is 6.92 Å². The smallest absolute Gasteiger partial charge is 0.0299 e. The van der Waals surface area contributed by atoms with Crippen LogP contribution >= 0.6 is 0 Å². The molecule has 0 rings (SSSR count). The predicted octanol–water partition coefficient (Wildman–Crippen LogP) is 1.91. The van der Waals surface area contributed by atoms with Gasteiger partial charge in [0.05, 0.1) is 0 Å². The topological polar surface area (TPSA) is 17.1 Å². The molecule has 0 aromatic heterocycles. The molecule has 62 valence electrons. The molecule has 0 aliphatic carbocycles. The zero-order chi connectivity index (χ0) is 8.41. The van der Waals surface area contributed by atoms with E-state index in [4.69, 9.17) is 0 Å². The quantitative estimate of drug-likeness (QED) is 0.538. The summed E-state index contributed by atoms with van der Waals surface area (Å²) in [5, 5.41) is 1.92. The van der Waals surface area contributed by atoms with Crippen molar-refractivity contribution in [2.24, 2.45) is 0 Å². The van der Waals surface area contributed by atoms with Crippen LogP contribution in [0.5, 0.6) is 0 Å². The molecule has 0 heterocycles. The Kier molecular flexibility index (Phi) is 2.96. The highest BCUT2D eigenvalue weighted by atomic mass is 32.2. The van der Waals surface area contributed by atoms with Gasteiger partial charge in [0.25, 0.3) is 0 Å². The Morgan fingerprint density at radius 3 is 1.90 bits per heavy atom. The summed E-state index contributed by atoms with van der Waals surface area (Å²) in [6.45, 7) is 8.07. The molecule has 1 unspecified atom stereocenters. The molecule has 0 amide bonds. The van der Waals surface area contributed by atoms with Crippen LogP contribution in [0.2, 0.25) is 0 Å². The molecule has 0 aliphatic rings. The zero-order valence-electron chi connectivity index (χ0n) is 7.60. The lowest BCUT2D eigenvalue weighted by molar-refractivity contribution is 0.650. The summed E-state index contributed by atoms with van der Waals surface area (Å²) in [6.07, 6.45) is 2.73. The van der Waals surface area contributed by atoms with Gasteiger partial charge in [0.2, 0.25) is 0 Å². The second-order valence-corrected chi connectivity index (χ2v) is 6.96. The number of hydrogen-bond donors (Lipinski definition) is 0. The molecule has 0 fully saturated rings. The highest BCUT2D eigenvalue weighted by molar-refractivity contribution is 8.01. The summed E-state index contributed by atoms with van der Waals surface area (Å²) in [6, 6.07) is 0. The third kappa shape index (κ3) is 2.33. The highest BCUT2D eigenvalue weighted by Crippen LogP contribution is 2.13. The van der Waals surface area contributed by atoms with Crippen molar-refractivity contribution in [3.8, 4) is 0 Å². The molecule has 0 saturated heterocycles. The third-order valence-electron chi connectivity index (χ3n) is 1.70. The fraction of sp³-hybridized carbons (Fsp3) is 0.875. The summed E-state index contributed by atoms with van der Waals surface area (Å²) in [5.74, 6) is 0. The summed E-state index contributed by atoms with van der Waals surface area (Å²) < 4.78 is 11.7. The minimum atomic E-state index is -1.72. The molecule has 10 heavy (non-hydrogen) atoms. The van der Waals surface area contributed by atoms with Gasteiger partial charge in [-0.25, -0.2) is 0 Å². The average Bonchev–Trinajstić information content (AvgIpc) is 1.61. The molecule has 0 spiro atoms. The van der Waals surface area contributed by atoms with Crippen molar-refractivity contribution >= 4 is 14.9 Å². The van der Waals surface area contributed by atoms with Crippen molar-refractivity contribution < 1.29 is 4.21 Å². The van der Waals surface area contributed by atoms with Gasteiger partial charge in [-0.15, -0.1) is 0 Å². The molecule has 0 aliphatic heterocycles. The molecular formula is C8H18OS. The first-order valence-electron chi connectivity index (χ1n) is 3.63. The van der Waals surface area contributed by atoms with Crippen molar-refractivity contribution in [1.82, 2.24) is 0 Å². The van der Waals surface area contributed by atoms with Crippen LogP contribution in [-0.2, 0) is 9.52 Å². The van der Waals surface area contributed by atoms with Gasteiger partial charge in [0.1, 0.15) is 0 Å². The fourth-order valence-electron chi connectivity index (χ4n) is 0.568.